The molecule has 0 bridgehead atoms. The van der Waals surface area contributed by atoms with Gasteiger partial charge in [0.15, 0.2) is 0 Å². The van der Waals surface area contributed by atoms with E-state index in [1.807, 2.05) is 0 Å². The molecule has 3 rings (SSSR count). The van der Waals surface area contributed by atoms with Gasteiger partial charge in [0.25, 0.3) is 0 Å². The minimum absolute atomic E-state index is 0.262. The van der Waals surface area contributed by atoms with E-state index in [2.05, 4.69) is 103 Å². The van der Waals surface area contributed by atoms with Gasteiger partial charge in [0, 0.05) is 12.2 Å². The highest BCUT2D eigenvalue weighted by molar-refractivity contribution is 5.52. The Balaban J connectivity index is 1.92. The molecule has 1 heteroatoms. The van der Waals surface area contributed by atoms with E-state index in [4.69, 9.17) is 0 Å². The van der Waals surface area contributed by atoms with Crippen molar-refractivity contribution in [2.75, 3.05) is 4.90 Å². The first-order valence-electron chi connectivity index (χ1n) is 7.72. The van der Waals surface area contributed by atoms with E-state index < -0.39 is 0 Å². The van der Waals surface area contributed by atoms with Crippen molar-refractivity contribution >= 4 is 5.69 Å². The van der Waals surface area contributed by atoms with Gasteiger partial charge in [0.1, 0.15) is 0 Å². The summed E-state index contributed by atoms with van der Waals surface area (Å²) in [5, 5.41) is 0. The van der Waals surface area contributed by atoms with Gasteiger partial charge in [-0.1, -0.05) is 84.5 Å². The lowest BCUT2D eigenvalue weighted by Crippen LogP contribution is -2.31. The molecule has 2 aromatic rings. The van der Waals surface area contributed by atoms with Crippen LogP contribution in [0.3, 0.4) is 0 Å². The molecule has 1 aliphatic rings. The van der Waals surface area contributed by atoms with Crippen molar-refractivity contribution in [3.63, 3.8) is 0 Å². The Morgan fingerprint density at radius 2 is 1.41 bits per heavy atom. The SMILES string of the molecule is Cc1ccc(N(Cc2ccccc2)C2C=CC=CC=C2)cc1. The van der Waals surface area contributed by atoms with Crippen LogP contribution in [0.25, 0.3) is 0 Å². The molecule has 0 aliphatic heterocycles. The van der Waals surface area contributed by atoms with E-state index in [0.717, 1.165) is 6.54 Å². The molecule has 0 unspecified atom stereocenters. The Morgan fingerprint density at radius 1 is 0.773 bits per heavy atom. The molecule has 0 atom stereocenters. The summed E-state index contributed by atoms with van der Waals surface area (Å²) in [6.07, 6.45) is 12.9. The van der Waals surface area contributed by atoms with Gasteiger partial charge in [-0.25, -0.2) is 0 Å². The predicted molar refractivity (Wildman–Crippen MR) is 95.0 cm³/mol. The van der Waals surface area contributed by atoms with Gasteiger partial charge in [0.05, 0.1) is 6.04 Å². The first-order valence-corrected chi connectivity index (χ1v) is 7.72. The number of rotatable bonds is 4. The topological polar surface area (TPSA) is 3.24 Å². The average Bonchev–Trinajstić information content (AvgIpc) is 2.84. The largest absolute Gasteiger partial charge is 0.357 e. The molecular weight excluding hydrogens is 266 g/mol. The quantitative estimate of drug-likeness (QED) is 0.760. The third-order valence-electron chi connectivity index (χ3n) is 3.87. The van der Waals surface area contributed by atoms with Crippen molar-refractivity contribution in [2.45, 2.75) is 19.5 Å². The van der Waals surface area contributed by atoms with Crippen molar-refractivity contribution in [3.05, 3.63) is 102 Å². The monoisotopic (exact) mass is 287 g/mol. The maximum atomic E-state index is 2.43. The lowest BCUT2D eigenvalue weighted by atomic mass is 10.1. The summed E-state index contributed by atoms with van der Waals surface area (Å²) in [6, 6.07) is 19.7. The van der Waals surface area contributed by atoms with Crippen molar-refractivity contribution in [1.82, 2.24) is 0 Å². The fourth-order valence-corrected chi connectivity index (χ4v) is 2.64. The molecule has 1 aliphatic carbocycles. The molecule has 110 valence electrons. The summed E-state index contributed by atoms with van der Waals surface area (Å²) in [5.41, 5.74) is 3.86. The molecular formula is C21H21N. The van der Waals surface area contributed by atoms with Crippen LogP contribution in [0.15, 0.2) is 91.1 Å². The number of benzene rings is 2. The van der Waals surface area contributed by atoms with Gasteiger partial charge in [-0.05, 0) is 24.6 Å². The van der Waals surface area contributed by atoms with Crippen LogP contribution in [0, 0.1) is 6.92 Å². The lowest BCUT2D eigenvalue weighted by molar-refractivity contribution is 0.781. The van der Waals surface area contributed by atoms with Crippen LogP contribution in [-0.2, 0) is 6.54 Å². The van der Waals surface area contributed by atoms with Crippen molar-refractivity contribution < 1.29 is 0 Å². The highest BCUT2D eigenvalue weighted by Crippen LogP contribution is 2.23. The Hall–Kier alpha value is -2.54. The molecule has 22 heavy (non-hydrogen) atoms. The summed E-state index contributed by atoms with van der Waals surface area (Å²) in [5.74, 6) is 0. The second-order valence-electron chi connectivity index (χ2n) is 5.59. The van der Waals surface area contributed by atoms with Crippen LogP contribution < -0.4 is 4.90 Å². The van der Waals surface area contributed by atoms with Crippen LogP contribution >= 0.6 is 0 Å². The summed E-state index contributed by atoms with van der Waals surface area (Å²) in [4.78, 5) is 2.43. The van der Waals surface area contributed by atoms with E-state index in [1.165, 1.54) is 16.8 Å². The molecule has 2 aromatic carbocycles. The van der Waals surface area contributed by atoms with Crippen molar-refractivity contribution in [2.24, 2.45) is 0 Å². The van der Waals surface area contributed by atoms with Crippen LogP contribution in [0.4, 0.5) is 5.69 Å². The lowest BCUT2D eigenvalue weighted by Gasteiger charge is -2.30. The maximum Gasteiger partial charge on any atom is 0.0667 e. The molecule has 1 nitrogen and oxygen atoms in total. The molecule has 0 N–H and O–H groups in total. The Kier molecular flexibility index (Phi) is 4.55. The molecule has 0 radical (unpaired) electrons. The third-order valence-corrected chi connectivity index (χ3v) is 3.87. The molecule has 0 heterocycles. The van der Waals surface area contributed by atoms with Gasteiger partial charge in [-0.15, -0.1) is 0 Å². The van der Waals surface area contributed by atoms with E-state index in [9.17, 15) is 0 Å². The second-order valence-corrected chi connectivity index (χ2v) is 5.59. The van der Waals surface area contributed by atoms with Crippen LogP contribution in [0.5, 0.6) is 0 Å². The second kappa shape index (κ2) is 6.95. The number of hydrogen-bond donors (Lipinski definition) is 0. The first kappa shape index (κ1) is 14.4. The van der Waals surface area contributed by atoms with Gasteiger partial charge < -0.3 is 4.90 Å². The zero-order valence-corrected chi connectivity index (χ0v) is 12.9. The van der Waals surface area contributed by atoms with Gasteiger partial charge in [0.2, 0.25) is 0 Å². The minimum Gasteiger partial charge on any atom is -0.357 e. The maximum absolute atomic E-state index is 2.43. The first-order chi connectivity index (χ1) is 10.8. The number of nitrogens with zero attached hydrogens (tertiary/aromatic N) is 1. The van der Waals surface area contributed by atoms with E-state index in [-0.39, 0.29) is 6.04 Å². The van der Waals surface area contributed by atoms with Crippen LogP contribution in [-0.4, -0.2) is 6.04 Å². The molecule has 0 aromatic heterocycles. The standard InChI is InChI=1S/C21H21N/c1-18-13-15-21(16-14-18)22(17-19-9-5-4-6-10-19)20-11-7-2-3-8-12-20/h2-16,20H,17H2,1H3. The molecule has 0 fully saturated rings. The zero-order valence-electron chi connectivity index (χ0n) is 12.9. The number of anilines is 1. The fraction of sp³-hybridized carbons (Fsp3) is 0.143. The molecule has 0 spiro atoms. The normalized spacial score (nSPS) is 14.0. The van der Waals surface area contributed by atoms with Crippen molar-refractivity contribution in [1.29, 1.82) is 0 Å². The average molecular weight is 287 g/mol. The highest BCUT2D eigenvalue weighted by atomic mass is 15.2. The number of hydrogen-bond acceptors (Lipinski definition) is 1. The van der Waals surface area contributed by atoms with E-state index in [0.29, 0.717) is 0 Å². The van der Waals surface area contributed by atoms with Gasteiger partial charge >= 0.3 is 0 Å². The molecule has 0 amide bonds. The smallest absolute Gasteiger partial charge is 0.0667 e. The predicted octanol–water partition coefficient (Wildman–Crippen LogP) is 5.05. The number of allylic oxidation sites excluding steroid dienone is 4. The fourth-order valence-electron chi connectivity index (χ4n) is 2.64. The number of aryl methyl sites for hydroxylation is 1. The molecule has 0 saturated carbocycles. The minimum atomic E-state index is 0.262. The van der Waals surface area contributed by atoms with Crippen LogP contribution in [0.1, 0.15) is 11.1 Å². The third kappa shape index (κ3) is 3.56. The molecule has 0 saturated heterocycles. The van der Waals surface area contributed by atoms with Gasteiger partial charge in [-0.3, -0.25) is 0 Å². The Bertz CT molecular complexity index is 662. The van der Waals surface area contributed by atoms with Crippen LogP contribution in [0.2, 0.25) is 0 Å². The van der Waals surface area contributed by atoms with E-state index in [1.54, 1.807) is 0 Å². The summed E-state index contributed by atoms with van der Waals surface area (Å²) in [6.45, 7) is 3.02. The summed E-state index contributed by atoms with van der Waals surface area (Å²) < 4.78 is 0. The highest BCUT2D eigenvalue weighted by Gasteiger charge is 2.14. The van der Waals surface area contributed by atoms with Gasteiger partial charge in [-0.2, -0.15) is 0 Å². The van der Waals surface area contributed by atoms with Crippen molar-refractivity contribution in [3.8, 4) is 0 Å². The zero-order chi connectivity index (χ0) is 15.2. The summed E-state index contributed by atoms with van der Waals surface area (Å²) >= 11 is 0. The Morgan fingerprint density at radius 3 is 2.05 bits per heavy atom. The van der Waals surface area contributed by atoms with E-state index >= 15 is 0 Å². The summed E-state index contributed by atoms with van der Waals surface area (Å²) in [7, 11) is 0. The Labute approximate surface area is 132 Å².